The number of hydrogen-bond donors (Lipinski definition) is 1. The minimum Gasteiger partial charge on any atom is -0.373 e. The molecular formula is C11H16N4. The van der Waals surface area contributed by atoms with Crippen molar-refractivity contribution < 1.29 is 0 Å². The van der Waals surface area contributed by atoms with Crippen molar-refractivity contribution in [1.82, 2.24) is 4.98 Å². The number of nitrogens with zero attached hydrogens (tertiary/aromatic N) is 3. The molecular weight excluding hydrogens is 188 g/mol. The van der Waals surface area contributed by atoms with E-state index in [2.05, 4.69) is 21.3 Å². The van der Waals surface area contributed by atoms with Gasteiger partial charge in [-0.25, -0.2) is 4.98 Å². The van der Waals surface area contributed by atoms with Crippen molar-refractivity contribution in [2.45, 2.75) is 19.4 Å². The second-order valence-corrected chi connectivity index (χ2v) is 3.47. The Balaban J connectivity index is 2.81. The van der Waals surface area contributed by atoms with Gasteiger partial charge in [0.1, 0.15) is 5.82 Å². The first-order valence-electron chi connectivity index (χ1n) is 4.92. The standard InChI is InChI=1S/C11H16N4/c1-9(4-6-12)15(3)10-5-7-14-11(8-10)13-2/h5,7-9H,4H2,1-3H3,(H,13,14). The lowest BCUT2D eigenvalue weighted by Crippen LogP contribution is -2.28. The van der Waals surface area contributed by atoms with Crippen LogP contribution >= 0.6 is 0 Å². The third-order valence-electron chi connectivity index (χ3n) is 2.45. The van der Waals surface area contributed by atoms with Crippen LogP contribution in [-0.4, -0.2) is 25.1 Å². The van der Waals surface area contributed by atoms with Crippen LogP contribution < -0.4 is 10.2 Å². The molecule has 1 heterocycles. The Kier molecular flexibility index (Phi) is 3.92. The zero-order valence-electron chi connectivity index (χ0n) is 9.36. The Morgan fingerprint density at radius 3 is 3.00 bits per heavy atom. The van der Waals surface area contributed by atoms with Gasteiger partial charge in [-0.2, -0.15) is 5.26 Å². The van der Waals surface area contributed by atoms with Crippen LogP contribution in [0.25, 0.3) is 0 Å². The van der Waals surface area contributed by atoms with Crippen LogP contribution in [0.1, 0.15) is 13.3 Å². The van der Waals surface area contributed by atoms with E-state index in [1.807, 2.05) is 33.2 Å². The largest absolute Gasteiger partial charge is 0.373 e. The summed E-state index contributed by atoms with van der Waals surface area (Å²) >= 11 is 0. The molecule has 0 saturated carbocycles. The van der Waals surface area contributed by atoms with Gasteiger partial charge in [0.05, 0.1) is 12.5 Å². The van der Waals surface area contributed by atoms with E-state index in [0.717, 1.165) is 11.5 Å². The maximum atomic E-state index is 8.63. The van der Waals surface area contributed by atoms with E-state index in [9.17, 15) is 0 Å². The van der Waals surface area contributed by atoms with Gasteiger partial charge in [0, 0.05) is 38.1 Å². The van der Waals surface area contributed by atoms with E-state index in [0.29, 0.717) is 6.42 Å². The molecule has 0 spiro atoms. The molecule has 15 heavy (non-hydrogen) atoms. The second kappa shape index (κ2) is 5.20. The number of anilines is 2. The van der Waals surface area contributed by atoms with Gasteiger partial charge < -0.3 is 10.2 Å². The van der Waals surface area contributed by atoms with E-state index in [-0.39, 0.29) is 6.04 Å². The number of nitrogens with one attached hydrogen (secondary N) is 1. The fraction of sp³-hybridized carbons (Fsp3) is 0.455. The van der Waals surface area contributed by atoms with Gasteiger partial charge >= 0.3 is 0 Å². The maximum Gasteiger partial charge on any atom is 0.127 e. The van der Waals surface area contributed by atoms with Crippen molar-refractivity contribution in [3.8, 4) is 6.07 Å². The molecule has 0 bridgehead atoms. The summed E-state index contributed by atoms with van der Waals surface area (Å²) in [6.45, 7) is 2.03. The van der Waals surface area contributed by atoms with E-state index < -0.39 is 0 Å². The smallest absolute Gasteiger partial charge is 0.127 e. The van der Waals surface area contributed by atoms with E-state index in [1.165, 1.54) is 0 Å². The van der Waals surface area contributed by atoms with E-state index in [4.69, 9.17) is 5.26 Å². The lowest BCUT2D eigenvalue weighted by atomic mass is 10.2. The van der Waals surface area contributed by atoms with Gasteiger partial charge in [-0.15, -0.1) is 0 Å². The summed E-state index contributed by atoms with van der Waals surface area (Å²) in [4.78, 5) is 6.22. The molecule has 0 radical (unpaired) electrons. The number of rotatable bonds is 4. The topological polar surface area (TPSA) is 52.0 Å². The Bertz CT molecular complexity index is 356. The molecule has 0 aromatic carbocycles. The number of aromatic nitrogens is 1. The van der Waals surface area contributed by atoms with Gasteiger partial charge in [0.2, 0.25) is 0 Å². The zero-order chi connectivity index (χ0) is 11.3. The third kappa shape index (κ3) is 2.84. The Labute approximate surface area is 90.5 Å². The molecule has 1 N–H and O–H groups in total. The quantitative estimate of drug-likeness (QED) is 0.813. The monoisotopic (exact) mass is 204 g/mol. The molecule has 1 unspecified atom stereocenters. The Hall–Kier alpha value is -1.76. The van der Waals surface area contributed by atoms with Crippen molar-refractivity contribution in [1.29, 1.82) is 5.26 Å². The van der Waals surface area contributed by atoms with Crippen LogP contribution in [0.4, 0.5) is 11.5 Å². The lowest BCUT2D eigenvalue weighted by molar-refractivity contribution is 0.702. The summed E-state index contributed by atoms with van der Waals surface area (Å²) in [5, 5.41) is 11.6. The van der Waals surface area contributed by atoms with Crippen molar-refractivity contribution in [2.24, 2.45) is 0 Å². The average Bonchev–Trinajstić information content (AvgIpc) is 2.28. The molecule has 80 valence electrons. The highest BCUT2D eigenvalue weighted by atomic mass is 15.1. The summed E-state index contributed by atoms with van der Waals surface area (Å²) in [6.07, 6.45) is 2.28. The van der Waals surface area contributed by atoms with E-state index in [1.54, 1.807) is 6.20 Å². The van der Waals surface area contributed by atoms with Gasteiger partial charge in [0.25, 0.3) is 0 Å². The predicted octanol–water partition coefficient (Wildman–Crippen LogP) is 1.86. The Morgan fingerprint density at radius 1 is 1.67 bits per heavy atom. The number of hydrogen-bond acceptors (Lipinski definition) is 4. The minimum atomic E-state index is 0.210. The van der Waals surface area contributed by atoms with Gasteiger partial charge in [-0.05, 0) is 13.0 Å². The third-order valence-corrected chi connectivity index (χ3v) is 2.45. The van der Waals surface area contributed by atoms with Crippen LogP contribution in [0.5, 0.6) is 0 Å². The van der Waals surface area contributed by atoms with Crippen molar-refractivity contribution >= 4 is 11.5 Å². The first-order chi connectivity index (χ1) is 7.19. The molecule has 4 nitrogen and oxygen atoms in total. The van der Waals surface area contributed by atoms with Crippen LogP contribution in [0.2, 0.25) is 0 Å². The van der Waals surface area contributed by atoms with Gasteiger partial charge in [0.15, 0.2) is 0 Å². The molecule has 1 rings (SSSR count). The van der Waals surface area contributed by atoms with Crippen LogP contribution in [0.3, 0.4) is 0 Å². The van der Waals surface area contributed by atoms with Crippen LogP contribution in [0, 0.1) is 11.3 Å². The Morgan fingerprint density at radius 2 is 2.40 bits per heavy atom. The maximum absolute atomic E-state index is 8.63. The molecule has 0 aliphatic rings. The van der Waals surface area contributed by atoms with Gasteiger partial charge in [-0.1, -0.05) is 0 Å². The summed E-state index contributed by atoms with van der Waals surface area (Å²) in [6, 6.07) is 6.29. The molecule has 0 aliphatic carbocycles. The zero-order valence-corrected chi connectivity index (χ0v) is 9.36. The van der Waals surface area contributed by atoms with Crippen molar-refractivity contribution in [3.63, 3.8) is 0 Å². The molecule has 1 aromatic rings. The first-order valence-corrected chi connectivity index (χ1v) is 4.92. The highest BCUT2D eigenvalue weighted by Gasteiger charge is 2.09. The van der Waals surface area contributed by atoms with Crippen molar-refractivity contribution in [3.05, 3.63) is 18.3 Å². The lowest BCUT2D eigenvalue weighted by Gasteiger charge is -2.25. The highest BCUT2D eigenvalue weighted by molar-refractivity contribution is 5.53. The molecule has 0 fully saturated rings. The van der Waals surface area contributed by atoms with Crippen molar-refractivity contribution in [2.75, 3.05) is 24.3 Å². The number of nitriles is 1. The molecule has 0 saturated heterocycles. The van der Waals surface area contributed by atoms with Crippen LogP contribution in [-0.2, 0) is 0 Å². The summed E-state index contributed by atoms with van der Waals surface area (Å²) in [7, 11) is 3.82. The minimum absolute atomic E-state index is 0.210. The molecule has 1 atom stereocenters. The second-order valence-electron chi connectivity index (χ2n) is 3.47. The van der Waals surface area contributed by atoms with Crippen LogP contribution in [0.15, 0.2) is 18.3 Å². The molecule has 0 amide bonds. The van der Waals surface area contributed by atoms with E-state index >= 15 is 0 Å². The average molecular weight is 204 g/mol. The first kappa shape index (κ1) is 11.3. The summed E-state index contributed by atoms with van der Waals surface area (Å²) in [5.74, 6) is 0.837. The summed E-state index contributed by atoms with van der Waals surface area (Å²) < 4.78 is 0. The fourth-order valence-electron chi connectivity index (χ4n) is 1.30. The molecule has 1 aromatic heterocycles. The molecule has 4 heteroatoms. The predicted molar refractivity (Wildman–Crippen MR) is 61.9 cm³/mol. The highest BCUT2D eigenvalue weighted by Crippen LogP contribution is 2.18. The number of pyridine rings is 1. The molecule has 0 aliphatic heterocycles. The van der Waals surface area contributed by atoms with Gasteiger partial charge in [-0.3, -0.25) is 0 Å². The summed E-state index contributed by atoms with van der Waals surface area (Å²) in [5.41, 5.74) is 1.07. The SMILES string of the molecule is CNc1cc(N(C)C(C)CC#N)ccn1. The fourth-order valence-corrected chi connectivity index (χ4v) is 1.30. The normalized spacial score (nSPS) is 11.6.